The molecular weight excluding hydrogens is 324 g/mol. The maximum absolute atomic E-state index is 11.8. The molecule has 132 valence electrons. The number of rotatable bonds is 8. The van der Waals surface area contributed by atoms with Crippen molar-refractivity contribution in [2.24, 2.45) is 0 Å². The fourth-order valence-electron chi connectivity index (χ4n) is 2.37. The van der Waals surface area contributed by atoms with Crippen LogP contribution in [0, 0.1) is 17.0 Å². The first kappa shape index (κ1) is 18.3. The lowest BCUT2D eigenvalue weighted by Crippen LogP contribution is -2.30. The van der Waals surface area contributed by atoms with Gasteiger partial charge in [0.05, 0.1) is 12.0 Å². The summed E-state index contributed by atoms with van der Waals surface area (Å²) in [4.78, 5) is 22.2. The minimum atomic E-state index is -0.455. The average molecular weight is 344 g/mol. The SMILES string of the molecule is COc1ccccc1CCNC(=O)COc1ccc([N+](=O)[O-])c(C)c1. The summed E-state index contributed by atoms with van der Waals surface area (Å²) in [5.74, 6) is 0.947. The zero-order valence-corrected chi connectivity index (χ0v) is 14.2. The molecule has 2 aromatic carbocycles. The molecule has 2 aromatic rings. The van der Waals surface area contributed by atoms with Gasteiger partial charge in [-0.3, -0.25) is 14.9 Å². The number of amides is 1. The molecule has 0 heterocycles. The maximum Gasteiger partial charge on any atom is 0.272 e. The molecule has 0 aromatic heterocycles. The number of para-hydroxylation sites is 1. The summed E-state index contributed by atoms with van der Waals surface area (Å²) < 4.78 is 10.6. The Morgan fingerprint density at radius 2 is 2.00 bits per heavy atom. The number of methoxy groups -OCH3 is 1. The largest absolute Gasteiger partial charge is 0.496 e. The molecule has 1 amide bonds. The Morgan fingerprint density at radius 3 is 2.68 bits per heavy atom. The van der Waals surface area contributed by atoms with Crippen LogP contribution in [-0.4, -0.2) is 31.1 Å². The number of nitro groups is 1. The number of ether oxygens (including phenoxy) is 2. The highest BCUT2D eigenvalue weighted by molar-refractivity contribution is 5.77. The Hall–Kier alpha value is -3.09. The van der Waals surface area contributed by atoms with Crippen molar-refractivity contribution in [1.82, 2.24) is 5.32 Å². The van der Waals surface area contributed by atoms with Crippen LogP contribution in [0.3, 0.4) is 0 Å². The molecule has 0 bridgehead atoms. The first-order valence-corrected chi connectivity index (χ1v) is 7.77. The molecule has 0 spiro atoms. The topological polar surface area (TPSA) is 90.7 Å². The average Bonchev–Trinajstić information content (AvgIpc) is 2.60. The predicted molar refractivity (Wildman–Crippen MR) is 93.0 cm³/mol. The van der Waals surface area contributed by atoms with E-state index in [-0.39, 0.29) is 18.2 Å². The molecule has 7 heteroatoms. The van der Waals surface area contributed by atoms with Gasteiger partial charge in [0.2, 0.25) is 0 Å². The van der Waals surface area contributed by atoms with E-state index in [1.165, 1.54) is 12.1 Å². The molecule has 0 saturated heterocycles. The second-order valence-electron chi connectivity index (χ2n) is 5.41. The van der Waals surface area contributed by atoms with Gasteiger partial charge in [0, 0.05) is 18.2 Å². The van der Waals surface area contributed by atoms with E-state index in [1.807, 2.05) is 24.3 Å². The summed E-state index contributed by atoms with van der Waals surface area (Å²) in [6, 6.07) is 12.0. The maximum atomic E-state index is 11.8. The number of benzene rings is 2. The second-order valence-corrected chi connectivity index (χ2v) is 5.41. The van der Waals surface area contributed by atoms with Crippen molar-refractivity contribution >= 4 is 11.6 Å². The fourth-order valence-corrected chi connectivity index (χ4v) is 2.37. The minimum Gasteiger partial charge on any atom is -0.496 e. The van der Waals surface area contributed by atoms with Gasteiger partial charge in [-0.15, -0.1) is 0 Å². The van der Waals surface area contributed by atoms with Crippen molar-refractivity contribution < 1.29 is 19.2 Å². The summed E-state index contributed by atoms with van der Waals surface area (Å²) in [5, 5.41) is 13.5. The third-order valence-electron chi connectivity index (χ3n) is 3.64. The highest BCUT2D eigenvalue weighted by Gasteiger charge is 2.11. The van der Waals surface area contributed by atoms with Gasteiger partial charge in [0.15, 0.2) is 6.61 Å². The minimum absolute atomic E-state index is 0.0219. The molecular formula is C18H20N2O5. The predicted octanol–water partition coefficient (Wildman–Crippen LogP) is 2.65. The van der Waals surface area contributed by atoms with E-state index >= 15 is 0 Å². The zero-order chi connectivity index (χ0) is 18.2. The lowest BCUT2D eigenvalue weighted by atomic mass is 10.1. The molecule has 0 saturated carbocycles. The molecule has 25 heavy (non-hydrogen) atoms. The lowest BCUT2D eigenvalue weighted by Gasteiger charge is -2.10. The van der Waals surface area contributed by atoms with Gasteiger partial charge in [0.1, 0.15) is 11.5 Å². The normalized spacial score (nSPS) is 10.2. The fraction of sp³-hybridized carbons (Fsp3) is 0.278. The number of nitrogens with one attached hydrogen (secondary N) is 1. The van der Waals surface area contributed by atoms with Crippen molar-refractivity contribution in [2.45, 2.75) is 13.3 Å². The van der Waals surface area contributed by atoms with Gasteiger partial charge in [-0.2, -0.15) is 0 Å². The van der Waals surface area contributed by atoms with Crippen molar-refractivity contribution in [3.05, 3.63) is 63.7 Å². The van der Waals surface area contributed by atoms with Gasteiger partial charge < -0.3 is 14.8 Å². The quantitative estimate of drug-likeness (QED) is 0.587. The van der Waals surface area contributed by atoms with Gasteiger partial charge >= 0.3 is 0 Å². The van der Waals surface area contributed by atoms with E-state index in [9.17, 15) is 14.9 Å². The van der Waals surface area contributed by atoms with Gasteiger partial charge in [-0.05, 0) is 37.1 Å². The third-order valence-corrected chi connectivity index (χ3v) is 3.64. The molecule has 0 radical (unpaired) electrons. The second kappa shape index (κ2) is 8.68. The molecule has 0 fully saturated rings. The van der Waals surface area contributed by atoms with Crippen molar-refractivity contribution in [3.63, 3.8) is 0 Å². The molecule has 0 aliphatic carbocycles. The molecule has 0 unspecified atom stereocenters. The number of carbonyl (C=O) groups excluding carboxylic acids is 1. The Labute approximate surface area is 145 Å². The van der Waals surface area contributed by atoms with Crippen LogP contribution in [0.2, 0.25) is 0 Å². The van der Waals surface area contributed by atoms with Crippen LogP contribution in [0.1, 0.15) is 11.1 Å². The smallest absolute Gasteiger partial charge is 0.272 e. The summed E-state index contributed by atoms with van der Waals surface area (Å²) >= 11 is 0. The van der Waals surface area contributed by atoms with Crippen LogP contribution in [0.25, 0.3) is 0 Å². The molecule has 0 aliphatic heterocycles. The highest BCUT2D eigenvalue weighted by Crippen LogP contribution is 2.23. The molecule has 2 rings (SSSR count). The summed E-state index contributed by atoms with van der Waals surface area (Å²) in [6.07, 6.45) is 0.645. The van der Waals surface area contributed by atoms with Crippen LogP contribution >= 0.6 is 0 Å². The Bertz CT molecular complexity index is 761. The Kier molecular flexibility index (Phi) is 6.33. The van der Waals surface area contributed by atoms with Crippen LogP contribution in [0.4, 0.5) is 5.69 Å². The van der Waals surface area contributed by atoms with Crippen molar-refractivity contribution in [1.29, 1.82) is 0 Å². The van der Waals surface area contributed by atoms with E-state index in [2.05, 4.69) is 5.32 Å². The van der Waals surface area contributed by atoms with E-state index in [4.69, 9.17) is 9.47 Å². The summed E-state index contributed by atoms with van der Waals surface area (Å²) in [7, 11) is 1.61. The number of nitrogens with zero attached hydrogens (tertiary/aromatic N) is 1. The summed E-state index contributed by atoms with van der Waals surface area (Å²) in [5.41, 5.74) is 1.52. The van der Waals surface area contributed by atoms with Crippen LogP contribution in [-0.2, 0) is 11.2 Å². The molecule has 0 atom stereocenters. The van der Waals surface area contributed by atoms with E-state index in [0.29, 0.717) is 24.3 Å². The summed E-state index contributed by atoms with van der Waals surface area (Å²) in [6.45, 7) is 1.93. The number of carbonyl (C=O) groups is 1. The Morgan fingerprint density at radius 1 is 1.24 bits per heavy atom. The van der Waals surface area contributed by atoms with Gasteiger partial charge in [0.25, 0.3) is 11.6 Å². The Balaban J connectivity index is 1.79. The third kappa shape index (κ3) is 5.20. The van der Waals surface area contributed by atoms with Gasteiger partial charge in [-0.25, -0.2) is 0 Å². The first-order chi connectivity index (χ1) is 12.0. The molecule has 7 nitrogen and oxygen atoms in total. The first-order valence-electron chi connectivity index (χ1n) is 7.77. The van der Waals surface area contributed by atoms with E-state index in [1.54, 1.807) is 20.1 Å². The van der Waals surface area contributed by atoms with Gasteiger partial charge in [-0.1, -0.05) is 18.2 Å². The standard InChI is InChI=1S/C18H20N2O5/c1-13-11-15(7-8-16(13)20(22)23)25-12-18(21)19-10-9-14-5-3-4-6-17(14)24-2/h3-8,11H,9-10,12H2,1-2H3,(H,19,21). The van der Waals surface area contributed by atoms with Crippen LogP contribution < -0.4 is 14.8 Å². The number of nitro benzene ring substituents is 1. The molecule has 0 aliphatic rings. The molecule has 1 N–H and O–H groups in total. The number of aryl methyl sites for hydroxylation is 1. The number of hydrogen-bond acceptors (Lipinski definition) is 5. The van der Waals surface area contributed by atoms with Crippen LogP contribution in [0.5, 0.6) is 11.5 Å². The zero-order valence-electron chi connectivity index (χ0n) is 14.2. The van der Waals surface area contributed by atoms with Crippen molar-refractivity contribution in [3.8, 4) is 11.5 Å². The van der Waals surface area contributed by atoms with E-state index in [0.717, 1.165) is 11.3 Å². The van der Waals surface area contributed by atoms with E-state index < -0.39 is 4.92 Å². The highest BCUT2D eigenvalue weighted by atomic mass is 16.6. The lowest BCUT2D eigenvalue weighted by molar-refractivity contribution is -0.385. The number of hydrogen-bond donors (Lipinski definition) is 1. The monoisotopic (exact) mass is 344 g/mol. The van der Waals surface area contributed by atoms with Crippen molar-refractivity contribution in [2.75, 3.05) is 20.3 Å². The van der Waals surface area contributed by atoms with Crippen LogP contribution in [0.15, 0.2) is 42.5 Å².